The highest BCUT2D eigenvalue weighted by Gasteiger charge is 2.23. The molecule has 0 unspecified atom stereocenters. The largest absolute Gasteiger partial charge is 0.508 e. The fourth-order valence-electron chi connectivity index (χ4n) is 3.65. The smallest absolute Gasteiger partial charge is 0.173 e. The minimum Gasteiger partial charge on any atom is -0.508 e. The molecule has 0 aromatic heterocycles. The van der Waals surface area contributed by atoms with E-state index in [1.54, 1.807) is 24.3 Å². The second-order valence-electron chi connectivity index (χ2n) is 7.79. The van der Waals surface area contributed by atoms with Gasteiger partial charge in [0.2, 0.25) is 0 Å². The van der Waals surface area contributed by atoms with Crippen LogP contribution in [0.15, 0.2) is 42.5 Å². The van der Waals surface area contributed by atoms with E-state index < -0.39 is 11.6 Å². The predicted molar refractivity (Wildman–Crippen MR) is 123 cm³/mol. The Bertz CT molecular complexity index is 858. The number of phenols is 1. The predicted octanol–water partition coefficient (Wildman–Crippen LogP) is 4.62. The highest BCUT2D eigenvalue weighted by Crippen LogP contribution is 2.19. The van der Waals surface area contributed by atoms with Crippen molar-refractivity contribution in [2.24, 2.45) is 0 Å². The lowest BCUT2D eigenvalue weighted by atomic mass is 10.0. The fourth-order valence-corrected chi connectivity index (χ4v) is 3.91. The van der Waals surface area contributed by atoms with Crippen LogP contribution in [0.25, 0.3) is 0 Å². The Morgan fingerprint density at radius 3 is 2.52 bits per heavy atom. The number of rotatable bonds is 8. The number of phenolic OH excluding ortho intramolecular Hbond substituents is 1. The zero-order chi connectivity index (χ0) is 22.2. The van der Waals surface area contributed by atoms with E-state index in [0.717, 1.165) is 63.1 Å². The Morgan fingerprint density at radius 1 is 1.13 bits per heavy atom. The molecule has 2 N–H and O–H groups in total. The van der Waals surface area contributed by atoms with Gasteiger partial charge in [-0.1, -0.05) is 0 Å². The molecule has 0 aliphatic carbocycles. The number of anilines is 1. The van der Waals surface area contributed by atoms with Crippen molar-refractivity contribution in [1.29, 1.82) is 0 Å². The highest BCUT2D eigenvalue weighted by atomic mass is 32.1. The maximum Gasteiger partial charge on any atom is 0.173 e. The van der Waals surface area contributed by atoms with Crippen molar-refractivity contribution in [3.8, 4) is 11.5 Å². The number of hydrogen-bond donors (Lipinski definition) is 2. The van der Waals surface area contributed by atoms with Gasteiger partial charge in [0.05, 0.1) is 6.61 Å². The summed E-state index contributed by atoms with van der Waals surface area (Å²) in [5.41, 5.74) is 0.859. The van der Waals surface area contributed by atoms with Crippen LogP contribution in [0.2, 0.25) is 0 Å². The number of nitrogens with one attached hydrogen (secondary N) is 1. The first-order valence-corrected chi connectivity index (χ1v) is 11.0. The minimum absolute atomic E-state index is 0.230. The molecule has 0 spiro atoms. The summed E-state index contributed by atoms with van der Waals surface area (Å²) < 4.78 is 31.6. The number of thiocarbonyl (C=S) groups is 1. The molecule has 5 nitrogen and oxygen atoms in total. The lowest BCUT2D eigenvalue weighted by Crippen LogP contribution is -2.47. The summed E-state index contributed by atoms with van der Waals surface area (Å²) in [5.74, 6) is -1.16. The van der Waals surface area contributed by atoms with Crippen LogP contribution in [0, 0.1) is 11.6 Å². The van der Waals surface area contributed by atoms with Crippen LogP contribution in [0.4, 0.5) is 14.5 Å². The number of nitrogens with zero attached hydrogens (tertiary/aromatic N) is 2. The number of likely N-dealkylation sites (tertiary alicyclic amines) is 1. The van der Waals surface area contributed by atoms with Gasteiger partial charge < -0.3 is 25.0 Å². The molecule has 168 valence electrons. The van der Waals surface area contributed by atoms with Crippen molar-refractivity contribution in [1.82, 2.24) is 9.80 Å². The van der Waals surface area contributed by atoms with Crippen LogP contribution in [-0.4, -0.2) is 59.3 Å². The molecule has 8 heteroatoms. The van der Waals surface area contributed by atoms with Crippen LogP contribution < -0.4 is 10.1 Å². The zero-order valence-corrected chi connectivity index (χ0v) is 18.5. The molecule has 1 heterocycles. The number of halogens is 2. The third-order valence-electron chi connectivity index (χ3n) is 5.57. The molecule has 1 aliphatic heterocycles. The number of benzene rings is 2. The molecule has 0 bridgehead atoms. The van der Waals surface area contributed by atoms with Gasteiger partial charge in [-0.25, -0.2) is 8.78 Å². The number of ether oxygens (including phenoxy) is 1. The Balaban J connectivity index is 1.31. The zero-order valence-electron chi connectivity index (χ0n) is 17.7. The Kier molecular flexibility index (Phi) is 8.43. The molecule has 2 aromatic rings. The van der Waals surface area contributed by atoms with Gasteiger partial charge in [-0.05, 0) is 80.8 Å². The average molecular weight is 450 g/mol. The SMILES string of the molecule is CN(C(=S)Nc1ccc(O)cc1)C1CCN(CCCCOc2ccc(F)c(F)c2)CC1. The van der Waals surface area contributed by atoms with E-state index in [2.05, 4.69) is 15.1 Å². The molecule has 3 rings (SSSR count). The molecule has 0 saturated carbocycles. The Labute approximate surface area is 187 Å². The van der Waals surface area contributed by atoms with Crippen molar-refractivity contribution in [2.45, 2.75) is 31.7 Å². The molecular formula is C23H29F2N3O2S. The van der Waals surface area contributed by atoms with E-state index in [9.17, 15) is 13.9 Å². The van der Waals surface area contributed by atoms with E-state index in [1.165, 1.54) is 6.07 Å². The summed E-state index contributed by atoms with van der Waals surface area (Å²) in [6, 6.07) is 10.9. The fraction of sp³-hybridized carbons (Fsp3) is 0.435. The van der Waals surface area contributed by atoms with Crippen LogP contribution in [-0.2, 0) is 0 Å². The third-order valence-corrected chi connectivity index (χ3v) is 5.96. The highest BCUT2D eigenvalue weighted by molar-refractivity contribution is 7.80. The Hall–Kier alpha value is -2.45. The van der Waals surface area contributed by atoms with Gasteiger partial charge in [0, 0.05) is 37.9 Å². The second-order valence-corrected chi connectivity index (χ2v) is 8.18. The van der Waals surface area contributed by atoms with Gasteiger partial charge in [-0.3, -0.25) is 0 Å². The minimum atomic E-state index is -0.886. The van der Waals surface area contributed by atoms with Gasteiger partial charge in [-0.2, -0.15) is 0 Å². The van der Waals surface area contributed by atoms with Crippen molar-refractivity contribution in [3.05, 3.63) is 54.1 Å². The number of unbranched alkanes of at least 4 members (excludes halogenated alkanes) is 1. The monoisotopic (exact) mass is 449 g/mol. The average Bonchev–Trinajstić information content (AvgIpc) is 2.77. The van der Waals surface area contributed by atoms with Crippen molar-refractivity contribution in [3.63, 3.8) is 0 Å². The molecular weight excluding hydrogens is 420 g/mol. The summed E-state index contributed by atoms with van der Waals surface area (Å²) >= 11 is 5.54. The molecule has 31 heavy (non-hydrogen) atoms. The first-order chi connectivity index (χ1) is 14.9. The maximum atomic E-state index is 13.2. The molecule has 0 atom stereocenters. The summed E-state index contributed by atoms with van der Waals surface area (Å²) in [6.07, 6.45) is 3.93. The topological polar surface area (TPSA) is 48.0 Å². The standard InChI is InChI=1S/C23H29F2N3O2S/c1-27(23(31)26-17-4-6-19(29)7-5-17)18-10-13-28(14-11-18)12-2-3-15-30-20-8-9-21(24)22(25)16-20/h4-9,16,18,29H,2-3,10-15H2,1H3,(H,26,31). The van der Waals surface area contributed by atoms with E-state index in [-0.39, 0.29) is 5.75 Å². The lowest BCUT2D eigenvalue weighted by molar-refractivity contribution is 0.161. The van der Waals surface area contributed by atoms with E-state index in [1.807, 2.05) is 7.05 Å². The molecule has 1 aliphatic rings. The summed E-state index contributed by atoms with van der Waals surface area (Å²) in [4.78, 5) is 4.56. The van der Waals surface area contributed by atoms with Crippen molar-refractivity contribution in [2.75, 3.05) is 38.6 Å². The summed E-state index contributed by atoms with van der Waals surface area (Å²) in [6.45, 7) is 3.51. The molecule has 0 radical (unpaired) electrons. The first kappa shape index (κ1) is 23.2. The molecule has 1 saturated heterocycles. The number of aromatic hydroxyl groups is 1. The summed E-state index contributed by atoms with van der Waals surface area (Å²) in [5, 5.41) is 13.3. The maximum absolute atomic E-state index is 13.2. The van der Waals surface area contributed by atoms with Crippen LogP contribution in [0.5, 0.6) is 11.5 Å². The number of hydrogen-bond acceptors (Lipinski definition) is 4. The van der Waals surface area contributed by atoms with Crippen molar-refractivity contribution < 1.29 is 18.6 Å². The van der Waals surface area contributed by atoms with E-state index in [0.29, 0.717) is 23.5 Å². The van der Waals surface area contributed by atoms with E-state index >= 15 is 0 Å². The lowest BCUT2D eigenvalue weighted by Gasteiger charge is -2.38. The third kappa shape index (κ3) is 7.04. The van der Waals surface area contributed by atoms with Gasteiger partial charge >= 0.3 is 0 Å². The molecule has 1 fully saturated rings. The normalized spacial score (nSPS) is 14.9. The van der Waals surface area contributed by atoms with E-state index in [4.69, 9.17) is 17.0 Å². The van der Waals surface area contributed by atoms with Gasteiger partial charge in [-0.15, -0.1) is 0 Å². The summed E-state index contributed by atoms with van der Waals surface area (Å²) in [7, 11) is 2.02. The van der Waals surface area contributed by atoms with Crippen LogP contribution in [0.3, 0.4) is 0 Å². The quantitative estimate of drug-likeness (QED) is 0.348. The molecule has 0 amide bonds. The van der Waals surface area contributed by atoms with Crippen LogP contribution >= 0.6 is 12.2 Å². The first-order valence-electron chi connectivity index (χ1n) is 10.6. The number of piperidine rings is 1. The van der Waals surface area contributed by atoms with Crippen molar-refractivity contribution >= 4 is 23.0 Å². The molecule has 2 aromatic carbocycles. The Morgan fingerprint density at radius 2 is 1.84 bits per heavy atom. The van der Waals surface area contributed by atoms with Gasteiger partial charge in [0.25, 0.3) is 0 Å². The van der Waals surface area contributed by atoms with Crippen LogP contribution in [0.1, 0.15) is 25.7 Å². The van der Waals surface area contributed by atoms with Gasteiger partial charge in [0.1, 0.15) is 11.5 Å². The second kappa shape index (κ2) is 11.2. The van der Waals surface area contributed by atoms with Gasteiger partial charge in [0.15, 0.2) is 16.7 Å².